The van der Waals surface area contributed by atoms with Gasteiger partial charge in [0.15, 0.2) is 0 Å². The summed E-state index contributed by atoms with van der Waals surface area (Å²) in [5.41, 5.74) is 0.872. The van der Waals surface area contributed by atoms with Gasteiger partial charge in [0.25, 0.3) is 15.9 Å². The highest BCUT2D eigenvalue weighted by Crippen LogP contribution is 2.30. The van der Waals surface area contributed by atoms with Crippen molar-refractivity contribution < 1.29 is 17.9 Å². The first-order valence-corrected chi connectivity index (χ1v) is 10.3. The molecule has 0 atom stereocenters. The maximum atomic E-state index is 12.9. The molecule has 2 aromatic rings. The lowest BCUT2D eigenvalue weighted by molar-refractivity contribution is 0.0934. The summed E-state index contributed by atoms with van der Waals surface area (Å²) in [6.07, 6.45) is 1.69. The Morgan fingerprint density at radius 2 is 1.67 bits per heavy atom. The molecule has 0 aliphatic rings. The summed E-state index contributed by atoms with van der Waals surface area (Å²) in [7, 11) is -0.812. The number of nitrogens with one attached hydrogen (secondary N) is 1. The van der Waals surface area contributed by atoms with Crippen LogP contribution in [0.5, 0.6) is 5.75 Å². The molecule has 0 saturated carbocycles. The van der Waals surface area contributed by atoms with Gasteiger partial charge in [0.05, 0.1) is 17.7 Å². The zero-order chi connectivity index (χ0) is 20.0. The molecule has 146 valence electrons. The van der Waals surface area contributed by atoms with Crippen LogP contribution in [0.3, 0.4) is 0 Å². The van der Waals surface area contributed by atoms with Gasteiger partial charge in [0, 0.05) is 18.7 Å². The van der Waals surface area contributed by atoms with E-state index in [4.69, 9.17) is 4.74 Å². The van der Waals surface area contributed by atoms with Crippen molar-refractivity contribution in [3.63, 3.8) is 0 Å². The minimum atomic E-state index is -3.78. The highest BCUT2D eigenvalue weighted by Gasteiger charge is 2.24. The monoisotopic (exact) mass is 390 g/mol. The molecule has 27 heavy (non-hydrogen) atoms. The number of rotatable bonds is 8. The Morgan fingerprint density at radius 3 is 2.22 bits per heavy atom. The zero-order valence-corrected chi connectivity index (χ0v) is 16.9. The Labute approximate surface area is 161 Å². The van der Waals surface area contributed by atoms with E-state index in [1.807, 2.05) is 13.8 Å². The first-order chi connectivity index (χ1) is 12.8. The van der Waals surface area contributed by atoms with E-state index in [0.717, 1.165) is 12.8 Å². The number of ether oxygens (including phenoxy) is 1. The highest BCUT2D eigenvalue weighted by atomic mass is 32.2. The topological polar surface area (TPSA) is 75.7 Å². The van der Waals surface area contributed by atoms with Crippen LogP contribution in [0.1, 0.15) is 37.0 Å². The molecule has 1 N–H and O–H groups in total. The Morgan fingerprint density at radius 1 is 1.07 bits per heavy atom. The number of amides is 1. The minimum Gasteiger partial charge on any atom is -0.495 e. The fourth-order valence-corrected chi connectivity index (χ4v) is 3.92. The SMILES string of the molecule is CCC(CC)NC(=O)c1ccc(S(=O)(=O)N(C)c2ccccc2OC)cc1. The third-order valence-corrected chi connectivity index (χ3v) is 6.31. The summed E-state index contributed by atoms with van der Waals surface area (Å²) < 4.78 is 32.3. The van der Waals surface area contributed by atoms with E-state index in [2.05, 4.69) is 5.32 Å². The quantitative estimate of drug-likeness (QED) is 0.749. The predicted molar refractivity (Wildman–Crippen MR) is 107 cm³/mol. The first kappa shape index (κ1) is 20.8. The zero-order valence-electron chi connectivity index (χ0n) is 16.1. The van der Waals surface area contributed by atoms with E-state index < -0.39 is 10.0 Å². The normalized spacial score (nSPS) is 11.3. The van der Waals surface area contributed by atoms with Crippen LogP contribution in [0.2, 0.25) is 0 Å². The molecule has 2 rings (SSSR count). The number of hydrogen-bond donors (Lipinski definition) is 1. The number of anilines is 1. The summed E-state index contributed by atoms with van der Waals surface area (Å²) in [6, 6.07) is 13.0. The number of carbonyl (C=O) groups is 1. The molecule has 0 unspecified atom stereocenters. The van der Waals surface area contributed by atoms with Crippen LogP contribution >= 0.6 is 0 Å². The molecule has 0 aliphatic carbocycles. The lowest BCUT2D eigenvalue weighted by Crippen LogP contribution is -2.33. The largest absolute Gasteiger partial charge is 0.495 e. The summed E-state index contributed by atoms with van der Waals surface area (Å²) in [5.74, 6) is 0.260. The lowest BCUT2D eigenvalue weighted by atomic mass is 10.1. The van der Waals surface area contributed by atoms with E-state index in [0.29, 0.717) is 17.0 Å². The molecule has 0 aliphatic heterocycles. The van der Waals surface area contributed by atoms with Gasteiger partial charge in [-0.05, 0) is 49.2 Å². The lowest BCUT2D eigenvalue weighted by Gasteiger charge is -2.21. The number of benzene rings is 2. The third kappa shape index (κ3) is 4.60. The van der Waals surface area contributed by atoms with Crippen molar-refractivity contribution in [3.05, 3.63) is 54.1 Å². The van der Waals surface area contributed by atoms with Crippen LogP contribution in [0.4, 0.5) is 5.69 Å². The molecule has 0 heterocycles. The summed E-state index contributed by atoms with van der Waals surface area (Å²) in [4.78, 5) is 12.4. The van der Waals surface area contributed by atoms with Gasteiger partial charge in [-0.25, -0.2) is 8.42 Å². The van der Waals surface area contributed by atoms with Gasteiger partial charge in [-0.1, -0.05) is 26.0 Å². The van der Waals surface area contributed by atoms with Gasteiger partial charge >= 0.3 is 0 Å². The smallest absolute Gasteiger partial charge is 0.264 e. The van der Waals surface area contributed by atoms with Crippen LogP contribution in [0, 0.1) is 0 Å². The molecule has 7 heteroatoms. The van der Waals surface area contributed by atoms with Gasteiger partial charge < -0.3 is 10.1 Å². The predicted octanol–water partition coefficient (Wildman–Crippen LogP) is 3.44. The first-order valence-electron chi connectivity index (χ1n) is 8.88. The minimum absolute atomic E-state index is 0.106. The molecular weight excluding hydrogens is 364 g/mol. The fraction of sp³-hybridized carbons (Fsp3) is 0.350. The van der Waals surface area contributed by atoms with Crippen LogP contribution in [0.25, 0.3) is 0 Å². The number of para-hydroxylation sites is 2. The Bertz CT molecular complexity index is 875. The van der Waals surface area contributed by atoms with E-state index >= 15 is 0 Å². The van der Waals surface area contributed by atoms with Crippen molar-refractivity contribution in [1.82, 2.24) is 5.32 Å². The number of sulfonamides is 1. The van der Waals surface area contributed by atoms with Gasteiger partial charge in [-0.15, -0.1) is 0 Å². The van der Waals surface area contributed by atoms with Crippen LogP contribution in [0.15, 0.2) is 53.4 Å². The van der Waals surface area contributed by atoms with E-state index in [1.165, 1.54) is 42.7 Å². The average Bonchev–Trinajstić information content (AvgIpc) is 2.71. The highest BCUT2D eigenvalue weighted by molar-refractivity contribution is 7.92. The Balaban J connectivity index is 2.26. The van der Waals surface area contributed by atoms with Gasteiger partial charge in [0.1, 0.15) is 5.75 Å². The number of carbonyl (C=O) groups excluding carboxylic acids is 1. The number of nitrogens with zero attached hydrogens (tertiary/aromatic N) is 1. The average molecular weight is 391 g/mol. The molecule has 0 radical (unpaired) electrons. The van der Waals surface area contributed by atoms with Crippen molar-refractivity contribution in [1.29, 1.82) is 0 Å². The van der Waals surface area contributed by atoms with Crippen LogP contribution in [-0.4, -0.2) is 34.5 Å². The van der Waals surface area contributed by atoms with E-state index in [9.17, 15) is 13.2 Å². The molecule has 6 nitrogen and oxygen atoms in total. The second-order valence-electron chi connectivity index (χ2n) is 6.16. The molecule has 0 fully saturated rings. The fourth-order valence-electron chi connectivity index (χ4n) is 2.72. The van der Waals surface area contributed by atoms with Crippen LogP contribution < -0.4 is 14.4 Å². The van der Waals surface area contributed by atoms with Crippen molar-refractivity contribution in [2.45, 2.75) is 37.6 Å². The maximum Gasteiger partial charge on any atom is 0.264 e. The maximum absolute atomic E-state index is 12.9. The summed E-state index contributed by atoms with van der Waals surface area (Å²) in [6.45, 7) is 4.02. The van der Waals surface area contributed by atoms with E-state index in [-0.39, 0.29) is 16.8 Å². The number of methoxy groups -OCH3 is 1. The summed E-state index contributed by atoms with van der Waals surface area (Å²) >= 11 is 0. The Kier molecular flexibility index (Phi) is 6.85. The molecule has 0 saturated heterocycles. The van der Waals surface area contributed by atoms with Gasteiger partial charge in [-0.2, -0.15) is 0 Å². The second-order valence-corrected chi connectivity index (χ2v) is 8.12. The van der Waals surface area contributed by atoms with Gasteiger partial charge in [0.2, 0.25) is 0 Å². The van der Waals surface area contributed by atoms with Crippen molar-refractivity contribution >= 4 is 21.6 Å². The van der Waals surface area contributed by atoms with Crippen molar-refractivity contribution in [2.24, 2.45) is 0 Å². The Hall–Kier alpha value is -2.54. The van der Waals surface area contributed by atoms with Gasteiger partial charge in [-0.3, -0.25) is 9.10 Å². The van der Waals surface area contributed by atoms with Crippen molar-refractivity contribution in [2.75, 3.05) is 18.5 Å². The standard InChI is InChI=1S/C20H26N2O4S/c1-5-16(6-2)21-20(23)15-11-13-17(14-12-15)27(24,25)22(3)18-9-7-8-10-19(18)26-4/h7-14,16H,5-6H2,1-4H3,(H,21,23). The number of hydrogen-bond acceptors (Lipinski definition) is 4. The molecule has 0 bridgehead atoms. The molecule has 0 aromatic heterocycles. The molecule has 0 spiro atoms. The van der Waals surface area contributed by atoms with Crippen LogP contribution in [-0.2, 0) is 10.0 Å². The second kappa shape index (κ2) is 8.90. The third-order valence-electron chi connectivity index (χ3n) is 4.52. The molecule has 2 aromatic carbocycles. The molecule has 1 amide bonds. The van der Waals surface area contributed by atoms with Crippen molar-refractivity contribution in [3.8, 4) is 5.75 Å². The summed E-state index contributed by atoms with van der Waals surface area (Å²) in [5, 5.41) is 2.94. The van der Waals surface area contributed by atoms with E-state index in [1.54, 1.807) is 24.3 Å². The molecular formula is C20H26N2O4S.